The van der Waals surface area contributed by atoms with E-state index in [0.29, 0.717) is 24.0 Å². The molecule has 0 bridgehead atoms. The summed E-state index contributed by atoms with van der Waals surface area (Å²) in [5.41, 5.74) is 7.46. The molecule has 1 heterocycles. The Hall–Kier alpha value is -2.43. The standard InChI is InChI=1S/C17H22N2O3/c1-11(2)10-19-15(8-7-14(18)17(19)20)13-6-5-12(21-3)9-16(13)22-4/h5-9,11H,10,18H2,1-4H3. The Balaban J connectivity index is 2.67. The summed E-state index contributed by atoms with van der Waals surface area (Å²) in [7, 11) is 3.20. The second kappa shape index (κ2) is 6.56. The molecule has 0 fully saturated rings. The predicted molar refractivity (Wildman–Crippen MR) is 88.5 cm³/mol. The highest BCUT2D eigenvalue weighted by atomic mass is 16.5. The van der Waals surface area contributed by atoms with Gasteiger partial charge < -0.3 is 19.8 Å². The molecule has 1 aromatic heterocycles. The van der Waals surface area contributed by atoms with Crippen molar-refractivity contribution in [1.82, 2.24) is 4.57 Å². The van der Waals surface area contributed by atoms with E-state index in [0.717, 1.165) is 11.3 Å². The SMILES string of the molecule is COc1ccc(-c2ccc(N)c(=O)n2CC(C)C)c(OC)c1. The second-order valence-corrected chi connectivity index (χ2v) is 5.55. The summed E-state index contributed by atoms with van der Waals surface area (Å²) in [5, 5.41) is 0. The summed E-state index contributed by atoms with van der Waals surface area (Å²) >= 11 is 0. The van der Waals surface area contributed by atoms with Crippen molar-refractivity contribution in [3.63, 3.8) is 0 Å². The van der Waals surface area contributed by atoms with Crippen LogP contribution < -0.4 is 20.8 Å². The highest BCUT2D eigenvalue weighted by Gasteiger charge is 2.14. The highest BCUT2D eigenvalue weighted by Crippen LogP contribution is 2.33. The van der Waals surface area contributed by atoms with E-state index in [4.69, 9.17) is 15.2 Å². The molecule has 0 atom stereocenters. The first-order valence-corrected chi connectivity index (χ1v) is 7.19. The van der Waals surface area contributed by atoms with Gasteiger partial charge >= 0.3 is 0 Å². The number of pyridine rings is 1. The van der Waals surface area contributed by atoms with Crippen LogP contribution in [0.15, 0.2) is 35.1 Å². The number of methoxy groups -OCH3 is 2. The Labute approximate surface area is 130 Å². The lowest BCUT2D eigenvalue weighted by molar-refractivity contribution is 0.395. The summed E-state index contributed by atoms with van der Waals surface area (Å²) in [4.78, 5) is 12.4. The zero-order chi connectivity index (χ0) is 16.3. The van der Waals surface area contributed by atoms with Gasteiger partial charge in [0.15, 0.2) is 0 Å². The fraction of sp³-hybridized carbons (Fsp3) is 0.353. The van der Waals surface area contributed by atoms with Crippen LogP contribution in [-0.2, 0) is 6.54 Å². The lowest BCUT2D eigenvalue weighted by Gasteiger charge is -2.18. The molecule has 22 heavy (non-hydrogen) atoms. The number of rotatable bonds is 5. The van der Waals surface area contributed by atoms with E-state index in [9.17, 15) is 4.79 Å². The second-order valence-electron chi connectivity index (χ2n) is 5.55. The third-order valence-electron chi connectivity index (χ3n) is 3.44. The quantitative estimate of drug-likeness (QED) is 0.922. The molecule has 5 nitrogen and oxygen atoms in total. The maximum atomic E-state index is 12.4. The van der Waals surface area contributed by atoms with Crippen molar-refractivity contribution in [3.8, 4) is 22.8 Å². The number of aromatic nitrogens is 1. The summed E-state index contributed by atoms with van der Waals surface area (Å²) < 4.78 is 12.4. The average Bonchev–Trinajstić information content (AvgIpc) is 2.51. The zero-order valence-corrected chi connectivity index (χ0v) is 13.4. The number of anilines is 1. The maximum Gasteiger partial charge on any atom is 0.274 e. The van der Waals surface area contributed by atoms with Crippen LogP contribution in [0.2, 0.25) is 0 Å². The van der Waals surface area contributed by atoms with E-state index >= 15 is 0 Å². The Bertz CT molecular complexity index is 720. The summed E-state index contributed by atoms with van der Waals surface area (Å²) in [6, 6.07) is 9.02. The van der Waals surface area contributed by atoms with Crippen molar-refractivity contribution in [2.45, 2.75) is 20.4 Å². The zero-order valence-electron chi connectivity index (χ0n) is 13.4. The van der Waals surface area contributed by atoms with Gasteiger partial charge in [0.25, 0.3) is 5.56 Å². The molecule has 2 aromatic rings. The molecule has 0 amide bonds. The highest BCUT2D eigenvalue weighted by molar-refractivity contribution is 5.70. The Kier molecular flexibility index (Phi) is 4.75. The monoisotopic (exact) mass is 302 g/mol. The third-order valence-corrected chi connectivity index (χ3v) is 3.44. The van der Waals surface area contributed by atoms with Crippen LogP contribution >= 0.6 is 0 Å². The number of nitrogens with two attached hydrogens (primary N) is 1. The number of hydrogen-bond donors (Lipinski definition) is 1. The minimum atomic E-state index is -0.177. The van der Waals surface area contributed by atoms with E-state index in [1.54, 1.807) is 30.9 Å². The normalized spacial score (nSPS) is 10.8. The lowest BCUT2D eigenvalue weighted by Crippen LogP contribution is -2.26. The van der Waals surface area contributed by atoms with Crippen LogP contribution in [-0.4, -0.2) is 18.8 Å². The molecule has 2 N–H and O–H groups in total. The van der Waals surface area contributed by atoms with Crippen LogP contribution in [0.3, 0.4) is 0 Å². The number of ether oxygens (including phenoxy) is 2. The van der Waals surface area contributed by atoms with Crippen LogP contribution in [0, 0.1) is 5.92 Å². The van der Waals surface area contributed by atoms with E-state index in [2.05, 4.69) is 13.8 Å². The first kappa shape index (κ1) is 15.9. The Morgan fingerprint density at radius 1 is 1.14 bits per heavy atom. The van der Waals surface area contributed by atoms with E-state index < -0.39 is 0 Å². The smallest absolute Gasteiger partial charge is 0.274 e. The largest absolute Gasteiger partial charge is 0.497 e. The topological polar surface area (TPSA) is 66.5 Å². The van der Waals surface area contributed by atoms with Crippen molar-refractivity contribution in [2.24, 2.45) is 5.92 Å². The van der Waals surface area contributed by atoms with Gasteiger partial charge in [-0.05, 0) is 30.2 Å². The minimum absolute atomic E-state index is 0.177. The minimum Gasteiger partial charge on any atom is -0.497 e. The van der Waals surface area contributed by atoms with Crippen LogP contribution in [0.25, 0.3) is 11.3 Å². The molecule has 1 aromatic carbocycles. The maximum absolute atomic E-state index is 12.4. The summed E-state index contributed by atoms with van der Waals surface area (Å²) in [5.74, 6) is 1.68. The van der Waals surface area contributed by atoms with Gasteiger partial charge in [-0.3, -0.25) is 4.79 Å². The molecule has 0 radical (unpaired) electrons. The third kappa shape index (κ3) is 3.08. The van der Waals surface area contributed by atoms with Crippen LogP contribution in [0.1, 0.15) is 13.8 Å². The molecule has 0 saturated carbocycles. The lowest BCUT2D eigenvalue weighted by atomic mass is 10.1. The number of hydrogen-bond acceptors (Lipinski definition) is 4. The molecule has 0 unspecified atom stereocenters. The molecule has 0 aliphatic rings. The van der Waals surface area contributed by atoms with Gasteiger partial charge in [0, 0.05) is 18.2 Å². The molecule has 118 valence electrons. The van der Waals surface area contributed by atoms with Gasteiger partial charge in [-0.25, -0.2) is 0 Å². The number of benzene rings is 1. The fourth-order valence-corrected chi connectivity index (χ4v) is 2.39. The van der Waals surface area contributed by atoms with Gasteiger partial charge in [0.2, 0.25) is 0 Å². The molecule has 0 aliphatic carbocycles. The van der Waals surface area contributed by atoms with Crippen molar-refractivity contribution in [2.75, 3.05) is 20.0 Å². The van der Waals surface area contributed by atoms with Crippen LogP contribution in [0.5, 0.6) is 11.5 Å². The van der Waals surface area contributed by atoms with Gasteiger partial charge in [-0.15, -0.1) is 0 Å². The molecular formula is C17H22N2O3. The van der Waals surface area contributed by atoms with Gasteiger partial charge in [0.1, 0.15) is 11.5 Å². The van der Waals surface area contributed by atoms with E-state index in [-0.39, 0.29) is 11.2 Å². The number of nitrogens with zero attached hydrogens (tertiary/aromatic N) is 1. The van der Waals surface area contributed by atoms with Gasteiger partial charge in [-0.2, -0.15) is 0 Å². The van der Waals surface area contributed by atoms with E-state index in [1.807, 2.05) is 18.2 Å². The molecule has 2 rings (SSSR count). The Morgan fingerprint density at radius 2 is 1.86 bits per heavy atom. The fourth-order valence-electron chi connectivity index (χ4n) is 2.39. The molecule has 0 aliphatic heterocycles. The molecule has 0 spiro atoms. The Morgan fingerprint density at radius 3 is 2.45 bits per heavy atom. The summed E-state index contributed by atoms with van der Waals surface area (Å²) in [6.07, 6.45) is 0. The molecule has 0 saturated heterocycles. The average molecular weight is 302 g/mol. The van der Waals surface area contributed by atoms with Crippen molar-refractivity contribution >= 4 is 5.69 Å². The van der Waals surface area contributed by atoms with Crippen molar-refractivity contribution in [3.05, 3.63) is 40.7 Å². The van der Waals surface area contributed by atoms with Crippen molar-refractivity contribution < 1.29 is 9.47 Å². The predicted octanol–water partition coefficient (Wildman–Crippen LogP) is 2.77. The van der Waals surface area contributed by atoms with Crippen LogP contribution in [0.4, 0.5) is 5.69 Å². The van der Waals surface area contributed by atoms with Gasteiger partial charge in [-0.1, -0.05) is 13.8 Å². The van der Waals surface area contributed by atoms with Gasteiger partial charge in [0.05, 0.1) is 25.6 Å². The first-order chi connectivity index (χ1) is 10.5. The number of nitrogen functional groups attached to an aromatic ring is 1. The van der Waals surface area contributed by atoms with Crippen molar-refractivity contribution in [1.29, 1.82) is 0 Å². The molecular weight excluding hydrogens is 280 g/mol. The summed E-state index contributed by atoms with van der Waals surface area (Å²) in [6.45, 7) is 4.71. The first-order valence-electron chi connectivity index (χ1n) is 7.19. The van der Waals surface area contributed by atoms with E-state index in [1.165, 1.54) is 0 Å². The molecule has 5 heteroatoms.